The average Bonchev–Trinajstić information content (AvgIpc) is 3.23. The van der Waals surface area contributed by atoms with Crippen molar-refractivity contribution in [3.63, 3.8) is 0 Å². The molecule has 3 rings (SSSR count). The van der Waals surface area contributed by atoms with Gasteiger partial charge in [-0.25, -0.2) is 14.3 Å². The van der Waals surface area contributed by atoms with Crippen LogP contribution in [0, 0.1) is 6.92 Å². The van der Waals surface area contributed by atoms with Gasteiger partial charge in [0, 0.05) is 13.0 Å². The molecule has 1 saturated heterocycles. The zero-order chi connectivity index (χ0) is 23.8. The highest BCUT2D eigenvalue weighted by molar-refractivity contribution is 7.93. The summed E-state index contributed by atoms with van der Waals surface area (Å²) in [6.45, 7) is 6.12. The minimum atomic E-state index is -4.20. The highest BCUT2D eigenvalue weighted by Gasteiger charge is 2.49. The average molecular weight is 469 g/mol. The Bertz CT molecular complexity index is 984. The first-order valence-electron chi connectivity index (χ1n) is 10.5. The molecule has 10 heteroatoms. The number of nitrogens with two attached hydrogens (primary N) is 1. The van der Waals surface area contributed by atoms with Crippen LogP contribution in [-0.2, 0) is 21.1 Å². The largest absolute Gasteiger partial charge is 0.492 e. The fourth-order valence-electron chi connectivity index (χ4n) is 3.80. The van der Waals surface area contributed by atoms with Crippen molar-refractivity contribution in [2.75, 3.05) is 26.2 Å². The summed E-state index contributed by atoms with van der Waals surface area (Å²) in [7, 11) is -4.20. The predicted octanol–water partition coefficient (Wildman–Crippen LogP) is 2.65. The Morgan fingerprint density at radius 3 is 2.44 bits per heavy atom. The van der Waals surface area contributed by atoms with Gasteiger partial charge < -0.3 is 19.5 Å². The SMILES string of the molecule is Cc1occc1S(=O)(=O)C(C)(Cc1ccccc1OCCN1CCCCC1)C(=O)O.NO. The van der Waals surface area contributed by atoms with Crippen LogP contribution in [0.25, 0.3) is 0 Å². The van der Waals surface area contributed by atoms with E-state index in [4.69, 9.17) is 14.4 Å². The van der Waals surface area contributed by atoms with Gasteiger partial charge in [0.05, 0.1) is 6.26 Å². The molecule has 0 amide bonds. The molecule has 0 aliphatic carbocycles. The Labute approximate surface area is 188 Å². The van der Waals surface area contributed by atoms with Gasteiger partial charge in [-0.1, -0.05) is 24.6 Å². The number of nitrogens with zero attached hydrogens (tertiary/aromatic N) is 1. The first-order valence-corrected chi connectivity index (χ1v) is 11.9. The maximum Gasteiger partial charge on any atom is 0.325 e. The summed E-state index contributed by atoms with van der Waals surface area (Å²) < 4.78 is 35.4. The second kappa shape index (κ2) is 11.5. The van der Waals surface area contributed by atoms with E-state index in [9.17, 15) is 18.3 Å². The van der Waals surface area contributed by atoms with E-state index >= 15 is 0 Å². The number of furan rings is 1. The Hall–Kier alpha value is -2.40. The molecule has 178 valence electrons. The molecule has 1 fully saturated rings. The van der Waals surface area contributed by atoms with Crippen molar-refractivity contribution < 1.29 is 32.7 Å². The van der Waals surface area contributed by atoms with E-state index < -0.39 is 20.6 Å². The van der Waals surface area contributed by atoms with Crippen LogP contribution in [0.15, 0.2) is 45.9 Å². The third-order valence-electron chi connectivity index (χ3n) is 5.76. The van der Waals surface area contributed by atoms with Gasteiger partial charge in [0.2, 0.25) is 0 Å². The lowest BCUT2D eigenvalue weighted by Gasteiger charge is -2.27. The van der Waals surface area contributed by atoms with Crippen LogP contribution in [0.4, 0.5) is 0 Å². The lowest BCUT2D eigenvalue weighted by atomic mass is 9.99. The standard InChI is InChI=1S/C22H29NO6S.H3NO/c1-17-20(10-14-28-17)30(26,27)22(2,21(24)25)16-18-8-4-5-9-19(18)29-15-13-23-11-6-3-7-12-23;1-2/h4-5,8-10,14H,3,6-7,11-13,15-16H2,1-2H3,(H,24,25);2H,1H2. The Morgan fingerprint density at radius 1 is 1.19 bits per heavy atom. The fraction of sp³-hybridized carbons (Fsp3) is 0.500. The monoisotopic (exact) mass is 468 g/mol. The van der Waals surface area contributed by atoms with Gasteiger partial charge in [0.25, 0.3) is 0 Å². The number of carbonyl (C=O) groups is 1. The van der Waals surface area contributed by atoms with E-state index in [2.05, 4.69) is 10.8 Å². The van der Waals surface area contributed by atoms with Crippen LogP contribution in [0.3, 0.4) is 0 Å². The van der Waals surface area contributed by atoms with Gasteiger partial charge in [-0.2, -0.15) is 0 Å². The van der Waals surface area contributed by atoms with Crippen molar-refractivity contribution in [2.24, 2.45) is 5.90 Å². The van der Waals surface area contributed by atoms with E-state index in [1.54, 1.807) is 24.3 Å². The number of sulfone groups is 1. The number of rotatable bonds is 9. The molecule has 1 unspecified atom stereocenters. The third kappa shape index (κ3) is 5.69. The van der Waals surface area contributed by atoms with Gasteiger partial charge in [0.1, 0.15) is 23.0 Å². The molecule has 0 spiro atoms. The quantitative estimate of drug-likeness (QED) is 0.473. The van der Waals surface area contributed by atoms with Crippen molar-refractivity contribution in [2.45, 2.75) is 49.2 Å². The number of carboxylic acid groups (broad SMARTS) is 1. The number of carboxylic acids is 1. The summed E-state index contributed by atoms with van der Waals surface area (Å²) >= 11 is 0. The normalized spacial score (nSPS) is 16.5. The molecular weight excluding hydrogens is 436 g/mol. The fourth-order valence-corrected chi connectivity index (χ4v) is 5.52. The number of ether oxygens (including phenoxy) is 1. The van der Waals surface area contributed by atoms with Crippen molar-refractivity contribution >= 4 is 15.8 Å². The Balaban J connectivity index is 0.00000176. The van der Waals surface area contributed by atoms with Crippen LogP contribution in [-0.4, -0.2) is 60.6 Å². The maximum atomic E-state index is 13.2. The second-order valence-electron chi connectivity index (χ2n) is 7.92. The van der Waals surface area contributed by atoms with Crippen LogP contribution in [0.2, 0.25) is 0 Å². The molecule has 1 aromatic heterocycles. The van der Waals surface area contributed by atoms with E-state index in [0.29, 0.717) is 17.9 Å². The first-order chi connectivity index (χ1) is 15.3. The van der Waals surface area contributed by atoms with Crippen LogP contribution in [0.1, 0.15) is 37.5 Å². The topological polar surface area (TPSA) is 143 Å². The van der Waals surface area contributed by atoms with Crippen molar-refractivity contribution in [1.82, 2.24) is 4.90 Å². The number of piperidine rings is 1. The zero-order valence-corrected chi connectivity index (χ0v) is 19.3. The zero-order valence-electron chi connectivity index (χ0n) is 18.5. The molecule has 2 aromatic rings. The van der Waals surface area contributed by atoms with E-state index in [1.165, 1.54) is 45.4 Å². The Morgan fingerprint density at radius 2 is 1.84 bits per heavy atom. The summed E-state index contributed by atoms with van der Waals surface area (Å²) in [4.78, 5) is 14.4. The molecule has 1 aliphatic rings. The van der Waals surface area contributed by atoms with E-state index in [1.807, 2.05) is 0 Å². The highest BCUT2D eigenvalue weighted by Crippen LogP contribution is 2.34. The summed E-state index contributed by atoms with van der Waals surface area (Å²) in [5.74, 6) is 2.78. The molecule has 1 aromatic carbocycles. The van der Waals surface area contributed by atoms with Crippen LogP contribution in [0.5, 0.6) is 5.75 Å². The van der Waals surface area contributed by atoms with Crippen LogP contribution >= 0.6 is 0 Å². The van der Waals surface area contributed by atoms with Gasteiger partial charge in [0.15, 0.2) is 14.6 Å². The maximum absolute atomic E-state index is 13.2. The van der Waals surface area contributed by atoms with Crippen LogP contribution < -0.4 is 10.6 Å². The number of likely N-dealkylation sites (tertiary alicyclic amines) is 1. The summed E-state index contributed by atoms with van der Waals surface area (Å²) in [5.41, 5.74) is 0.547. The van der Waals surface area contributed by atoms with Gasteiger partial charge in [-0.15, -0.1) is 0 Å². The summed E-state index contributed by atoms with van der Waals surface area (Å²) in [5, 5.41) is 16.4. The molecule has 32 heavy (non-hydrogen) atoms. The smallest absolute Gasteiger partial charge is 0.325 e. The molecule has 0 bridgehead atoms. The molecule has 4 N–H and O–H groups in total. The first kappa shape index (κ1) is 25.9. The molecule has 9 nitrogen and oxygen atoms in total. The lowest BCUT2D eigenvalue weighted by Crippen LogP contribution is -2.45. The molecule has 0 radical (unpaired) electrons. The summed E-state index contributed by atoms with van der Waals surface area (Å²) in [6, 6.07) is 8.32. The number of hydrogen-bond acceptors (Lipinski definition) is 8. The molecular formula is C22H32N2O7S. The van der Waals surface area contributed by atoms with Gasteiger partial charge in [-0.05, 0) is 57.5 Å². The van der Waals surface area contributed by atoms with Gasteiger partial charge >= 0.3 is 5.97 Å². The number of para-hydroxylation sites is 1. The van der Waals surface area contributed by atoms with Gasteiger partial charge in [-0.3, -0.25) is 9.69 Å². The summed E-state index contributed by atoms with van der Waals surface area (Å²) in [6.07, 6.45) is 4.69. The van der Waals surface area contributed by atoms with Crippen molar-refractivity contribution in [1.29, 1.82) is 0 Å². The second-order valence-corrected chi connectivity index (χ2v) is 10.3. The lowest BCUT2D eigenvalue weighted by molar-refractivity contribution is -0.139. The highest BCUT2D eigenvalue weighted by atomic mass is 32.2. The predicted molar refractivity (Wildman–Crippen MR) is 119 cm³/mol. The number of hydrogen-bond donors (Lipinski definition) is 3. The molecule has 1 aliphatic heterocycles. The van der Waals surface area contributed by atoms with Crippen molar-refractivity contribution in [3.8, 4) is 5.75 Å². The molecule has 0 saturated carbocycles. The molecule has 1 atom stereocenters. The third-order valence-corrected chi connectivity index (χ3v) is 8.27. The molecule has 2 heterocycles. The minimum absolute atomic E-state index is 0.101. The van der Waals surface area contributed by atoms with E-state index in [-0.39, 0.29) is 17.1 Å². The van der Waals surface area contributed by atoms with Crippen molar-refractivity contribution in [3.05, 3.63) is 47.9 Å². The number of aryl methyl sites for hydroxylation is 1. The Kier molecular flexibility index (Phi) is 9.26. The van der Waals surface area contributed by atoms with E-state index in [0.717, 1.165) is 19.6 Å². The number of benzene rings is 1. The minimum Gasteiger partial charge on any atom is -0.492 e. The number of aliphatic carboxylic acids is 1.